The topological polar surface area (TPSA) is 47.0 Å². The lowest BCUT2D eigenvalue weighted by Gasteiger charge is -2.11. The lowest BCUT2D eigenvalue weighted by molar-refractivity contribution is 0.178. The average Bonchev–Trinajstić information content (AvgIpc) is 2.44. The number of nitrogens with zero attached hydrogens (tertiary/aromatic N) is 2. The van der Waals surface area contributed by atoms with Crippen LogP contribution in [0.2, 0.25) is 0 Å². The predicted molar refractivity (Wildman–Crippen MR) is 77.0 cm³/mol. The van der Waals surface area contributed by atoms with Crippen molar-refractivity contribution < 1.29 is 13.5 Å². The van der Waals surface area contributed by atoms with E-state index in [-0.39, 0.29) is 17.9 Å². The zero-order valence-electron chi connectivity index (χ0n) is 12.2. The second kappa shape index (κ2) is 6.58. The van der Waals surface area contributed by atoms with Crippen molar-refractivity contribution in [1.82, 2.24) is 9.97 Å². The van der Waals surface area contributed by atoms with Crippen molar-refractivity contribution in [3.63, 3.8) is 0 Å². The molecule has 0 saturated heterocycles. The van der Waals surface area contributed by atoms with E-state index in [0.717, 1.165) is 0 Å². The van der Waals surface area contributed by atoms with Crippen LogP contribution in [0.1, 0.15) is 18.3 Å². The van der Waals surface area contributed by atoms with Crippen molar-refractivity contribution >= 4 is 5.82 Å². The van der Waals surface area contributed by atoms with Gasteiger partial charge in [0.15, 0.2) is 5.82 Å². The molecule has 112 valence electrons. The first-order chi connectivity index (χ1) is 10.1. The van der Waals surface area contributed by atoms with E-state index >= 15 is 0 Å². The molecule has 0 amide bonds. The molecule has 0 saturated carbocycles. The van der Waals surface area contributed by atoms with Gasteiger partial charge < -0.3 is 10.1 Å². The van der Waals surface area contributed by atoms with Crippen molar-refractivity contribution in [1.29, 1.82) is 0 Å². The summed E-state index contributed by atoms with van der Waals surface area (Å²) in [6.07, 6.45) is 0. The summed E-state index contributed by atoms with van der Waals surface area (Å²) in [6.45, 7) is 4.30. The number of methoxy groups -OCH3 is 1. The highest BCUT2D eigenvalue weighted by Gasteiger charge is 2.17. The maximum Gasteiger partial charge on any atom is 0.157 e. The molecule has 0 radical (unpaired) electrons. The highest BCUT2D eigenvalue weighted by Crippen LogP contribution is 2.28. The Morgan fingerprint density at radius 2 is 2.00 bits per heavy atom. The fourth-order valence-corrected chi connectivity index (χ4v) is 1.98. The number of aromatic nitrogens is 2. The van der Waals surface area contributed by atoms with Crippen molar-refractivity contribution in [2.45, 2.75) is 20.5 Å². The predicted octanol–water partition coefficient (Wildman–Crippen LogP) is 3.31. The summed E-state index contributed by atoms with van der Waals surface area (Å²) in [5.41, 5.74) is 0.420. The van der Waals surface area contributed by atoms with Crippen LogP contribution < -0.4 is 5.32 Å². The van der Waals surface area contributed by atoms with E-state index in [9.17, 15) is 8.78 Å². The molecule has 0 aliphatic rings. The van der Waals surface area contributed by atoms with E-state index in [0.29, 0.717) is 23.8 Å². The Labute approximate surface area is 122 Å². The summed E-state index contributed by atoms with van der Waals surface area (Å²) in [5, 5.41) is 3.02. The second-order valence-corrected chi connectivity index (χ2v) is 4.57. The third-order valence-electron chi connectivity index (χ3n) is 2.94. The first kappa shape index (κ1) is 15.3. The van der Waals surface area contributed by atoms with Crippen LogP contribution in [0, 0.1) is 18.6 Å². The molecule has 2 rings (SSSR count). The van der Waals surface area contributed by atoms with Gasteiger partial charge in [0.25, 0.3) is 0 Å². The van der Waals surface area contributed by atoms with Gasteiger partial charge in [0, 0.05) is 19.7 Å². The molecule has 0 bridgehead atoms. The van der Waals surface area contributed by atoms with E-state index in [4.69, 9.17) is 4.74 Å². The maximum absolute atomic E-state index is 14.2. The average molecular weight is 293 g/mol. The molecule has 1 heterocycles. The quantitative estimate of drug-likeness (QED) is 0.918. The van der Waals surface area contributed by atoms with Gasteiger partial charge in [-0.05, 0) is 25.5 Å². The number of hydrogen-bond donors (Lipinski definition) is 1. The summed E-state index contributed by atoms with van der Waals surface area (Å²) in [6, 6.07) is 4.17. The van der Waals surface area contributed by atoms with Crippen molar-refractivity contribution in [3.8, 4) is 11.3 Å². The van der Waals surface area contributed by atoms with Crippen LogP contribution in [0.4, 0.5) is 14.6 Å². The van der Waals surface area contributed by atoms with Gasteiger partial charge in [0.1, 0.15) is 24.1 Å². The zero-order valence-corrected chi connectivity index (χ0v) is 12.2. The van der Waals surface area contributed by atoms with Gasteiger partial charge in [-0.2, -0.15) is 0 Å². The van der Waals surface area contributed by atoms with Gasteiger partial charge in [-0.1, -0.05) is 6.07 Å². The Morgan fingerprint density at radius 3 is 2.67 bits per heavy atom. The van der Waals surface area contributed by atoms with Crippen molar-refractivity contribution in [2.24, 2.45) is 0 Å². The Morgan fingerprint density at radius 1 is 1.24 bits per heavy atom. The molecule has 2 aromatic rings. The molecule has 0 spiro atoms. The van der Waals surface area contributed by atoms with E-state index in [1.807, 2.05) is 6.92 Å². The summed E-state index contributed by atoms with van der Waals surface area (Å²) >= 11 is 0. The van der Waals surface area contributed by atoms with Crippen molar-refractivity contribution in [3.05, 3.63) is 41.2 Å². The van der Waals surface area contributed by atoms with E-state index in [2.05, 4.69) is 15.3 Å². The summed E-state index contributed by atoms with van der Waals surface area (Å²) < 4.78 is 33.2. The third kappa shape index (κ3) is 3.33. The fourth-order valence-electron chi connectivity index (χ4n) is 1.98. The standard InChI is InChI=1S/C15H17F2N3O/c1-4-18-12-7-11(19-13(20-12)8-21-3)14-10(16)6-5-9(2)15(14)17/h5-7H,4,8H2,1-3H3,(H,18,19,20). The largest absolute Gasteiger partial charge is 0.377 e. The minimum absolute atomic E-state index is 0.145. The molecule has 21 heavy (non-hydrogen) atoms. The molecule has 1 N–H and O–H groups in total. The Bertz CT molecular complexity index is 623. The molecule has 0 fully saturated rings. The van der Waals surface area contributed by atoms with Gasteiger partial charge in [-0.15, -0.1) is 0 Å². The first-order valence-electron chi connectivity index (χ1n) is 6.62. The fraction of sp³-hybridized carbons (Fsp3) is 0.333. The SMILES string of the molecule is CCNc1cc(-c2c(F)ccc(C)c2F)nc(COC)n1. The van der Waals surface area contributed by atoms with E-state index < -0.39 is 11.6 Å². The zero-order chi connectivity index (χ0) is 15.4. The monoisotopic (exact) mass is 293 g/mol. The number of nitrogens with one attached hydrogen (secondary N) is 1. The number of anilines is 1. The van der Waals surface area contributed by atoms with Crippen LogP contribution in [-0.2, 0) is 11.3 Å². The number of halogens is 2. The molecule has 0 aliphatic heterocycles. The minimum atomic E-state index is -0.650. The second-order valence-electron chi connectivity index (χ2n) is 4.57. The van der Waals surface area contributed by atoms with Crippen LogP contribution in [-0.4, -0.2) is 23.6 Å². The molecule has 1 aromatic heterocycles. The first-order valence-corrected chi connectivity index (χ1v) is 6.62. The van der Waals surface area contributed by atoms with Gasteiger partial charge in [0.2, 0.25) is 0 Å². The third-order valence-corrected chi connectivity index (χ3v) is 2.94. The highest BCUT2D eigenvalue weighted by molar-refractivity contribution is 5.65. The minimum Gasteiger partial charge on any atom is -0.377 e. The smallest absolute Gasteiger partial charge is 0.157 e. The van der Waals surface area contributed by atoms with Crippen LogP contribution in [0.25, 0.3) is 11.3 Å². The lowest BCUT2D eigenvalue weighted by atomic mass is 10.1. The van der Waals surface area contributed by atoms with Crippen LogP contribution >= 0.6 is 0 Å². The van der Waals surface area contributed by atoms with Gasteiger partial charge >= 0.3 is 0 Å². The molecule has 4 nitrogen and oxygen atoms in total. The maximum atomic E-state index is 14.2. The Hall–Kier alpha value is -2.08. The van der Waals surface area contributed by atoms with E-state index in [1.165, 1.54) is 25.3 Å². The molecule has 0 atom stereocenters. The summed E-state index contributed by atoms with van der Waals surface area (Å²) in [4.78, 5) is 8.41. The lowest BCUT2D eigenvalue weighted by Crippen LogP contribution is -2.06. The van der Waals surface area contributed by atoms with Gasteiger partial charge in [0.05, 0.1) is 11.3 Å². The van der Waals surface area contributed by atoms with Crippen LogP contribution in [0.5, 0.6) is 0 Å². The summed E-state index contributed by atoms with van der Waals surface area (Å²) in [7, 11) is 1.51. The molecular formula is C15H17F2N3O. The number of rotatable bonds is 5. The number of ether oxygens (including phenoxy) is 1. The number of hydrogen-bond acceptors (Lipinski definition) is 4. The Kier molecular flexibility index (Phi) is 4.80. The summed E-state index contributed by atoms with van der Waals surface area (Å²) in [5.74, 6) is -0.386. The number of aryl methyl sites for hydroxylation is 1. The van der Waals surface area contributed by atoms with Crippen molar-refractivity contribution in [2.75, 3.05) is 19.0 Å². The molecule has 0 aliphatic carbocycles. The molecule has 1 aromatic carbocycles. The Balaban J connectivity index is 2.59. The molecule has 0 unspecified atom stereocenters. The molecule has 6 heteroatoms. The number of benzene rings is 1. The van der Waals surface area contributed by atoms with Crippen LogP contribution in [0.3, 0.4) is 0 Å². The van der Waals surface area contributed by atoms with Gasteiger partial charge in [-0.25, -0.2) is 18.7 Å². The molecular weight excluding hydrogens is 276 g/mol. The highest BCUT2D eigenvalue weighted by atomic mass is 19.1. The van der Waals surface area contributed by atoms with Crippen LogP contribution in [0.15, 0.2) is 18.2 Å². The van der Waals surface area contributed by atoms with E-state index in [1.54, 1.807) is 6.92 Å². The normalized spacial score (nSPS) is 10.7. The van der Waals surface area contributed by atoms with Gasteiger partial charge in [-0.3, -0.25) is 0 Å².